The van der Waals surface area contributed by atoms with Gasteiger partial charge in [-0.3, -0.25) is 9.59 Å². The Morgan fingerprint density at radius 1 is 1.00 bits per heavy atom. The Balaban J connectivity index is 1.47. The number of benzene rings is 2. The number of fused-ring (bicyclic) bond motifs is 1. The van der Waals surface area contributed by atoms with Crippen molar-refractivity contribution in [1.29, 1.82) is 0 Å². The number of nitrogens with one attached hydrogen (secondary N) is 2. The number of anilines is 1. The molecule has 26 heavy (non-hydrogen) atoms. The second kappa shape index (κ2) is 6.96. The quantitative estimate of drug-likeness (QED) is 0.669. The van der Waals surface area contributed by atoms with Crippen LogP contribution in [0.25, 0.3) is 10.9 Å². The van der Waals surface area contributed by atoms with Crippen molar-refractivity contribution in [3.63, 3.8) is 0 Å². The fourth-order valence-electron chi connectivity index (χ4n) is 3.22. The topological polar surface area (TPSA) is 65.2 Å². The number of hydrogen-bond acceptors (Lipinski definition) is 2. The molecule has 1 aliphatic rings. The summed E-state index contributed by atoms with van der Waals surface area (Å²) in [5.74, 6) is -0.155. The van der Waals surface area contributed by atoms with Crippen LogP contribution in [0.5, 0.6) is 0 Å². The summed E-state index contributed by atoms with van der Waals surface area (Å²) in [7, 11) is 0. The summed E-state index contributed by atoms with van der Waals surface area (Å²) in [6, 6.07) is 14.7. The average Bonchev–Trinajstić information content (AvgIpc) is 3.31. The number of aromatic nitrogens is 1. The van der Waals surface area contributed by atoms with Crippen LogP contribution in [-0.2, 0) is 0 Å². The van der Waals surface area contributed by atoms with Crippen molar-refractivity contribution in [1.82, 2.24) is 9.88 Å². The van der Waals surface area contributed by atoms with Gasteiger partial charge in [-0.25, -0.2) is 0 Å². The molecule has 0 aliphatic carbocycles. The largest absolute Gasteiger partial charge is 0.351 e. The molecule has 1 aromatic heterocycles. The molecule has 3 aromatic rings. The van der Waals surface area contributed by atoms with Gasteiger partial charge in [0.05, 0.1) is 0 Å². The molecule has 1 saturated heterocycles. The molecular weight excluding hydrogens is 394 g/mol. The Morgan fingerprint density at radius 2 is 1.73 bits per heavy atom. The van der Waals surface area contributed by atoms with Crippen LogP contribution in [0.2, 0.25) is 0 Å². The van der Waals surface area contributed by atoms with E-state index in [1.807, 2.05) is 29.2 Å². The third-order valence-electron chi connectivity index (χ3n) is 4.61. The number of rotatable bonds is 3. The van der Waals surface area contributed by atoms with Gasteiger partial charge in [-0.05, 0) is 61.4 Å². The molecule has 0 bridgehead atoms. The summed E-state index contributed by atoms with van der Waals surface area (Å²) < 4.78 is 0.967. The van der Waals surface area contributed by atoms with Gasteiger partial charge < -0.3 is 15.2 Å². The molecule has 2 aromatic carbocycles. The first-order valence-corrected chi connectivity index (χ1v) is 9.38. The minimum atomic E-state index is -0.212. The van der Waals surface area contributed by atoms with E-state index in [1.54, 1.807) is 24.3 Å². The monoisotopic (exact) mass is 411 g/mol. The zero-order valence-corrected chi connectivity index (χ0v) is 15.7. The molecule has 0 saturated carbocycles. The first-order chi connectivity index (χ1) is 12.6. The van der Waals surface area contributed by atoms with Crippen molar-refractivity contribution < 1.29 is 9.59 Å². The molecule has 0 atom stereocenters. The van der Waals surface area contributed by atoms with Crippen LogP contribution in [-0.4, -0.2) is 34.8 Å². The lowest BCUT2D eigenvalue weighted by atomic mass is 10.2. The lowest BCUT2D eigenvalue weighted by Crippen LogP contribution is -2.27. The summed E-state index contributed by atoms with van der Waals surface area (Å²) in [6.45, 7) is 1.65. The molecule has 1 aliphatic heterocycles. The van der Waals surface area contributed by atoms with Gasteiger partial charge in [0, 0.05) is 39.7 Å². The zero-order valence-electron chi connectivity index (χ0n) is 14.1. The minimum Gasteiger partial charge on any atom is -0.351 e. The van der Waals surface area contributed by atoms with Crippen molar-refractivity contribution in [2.75, 3.05) is 18.4 Å². The SMILES string of the molecule is O=C(Nc1ccc(C(=O)N2CCCC2)cc1)c1cc2cc(Br)ccc2[nH]1. The normalized spacial score (nSPS) is 14.0. The van der Waals surface area contributed by atoms with Gasteiger partial charge in [-0.2, -0.15) is 0 Å². The standard InChI is InChI=1S/C20H18BrN3O2/c21-15-5-8-17-14(11-15)12-18(23-17)19(25)22-16-6-3-13(4-7-16)20(26)24-9-1-2-10-24/h3-8,11-12,23H,1-2,9-10H2,(H,22,25). The number of amides is 2. The van der Waals surface area contributed by atoms with Gasteiger partial charge in [0.1, 0.15) is 5.69 Å². The zero-order chi connectivity index (χ0) is 18.1. The maximum atomic E-state index is 12.5. The first-order valence-electron chi connectivity index (χ1n) is 8.59. The van der Waals surface area contributed by atoms with Gasteiger partial charge in [-0.1, -0.05) is 15.9 Å². The van der Waals surface area contributed by atoms with Crippen LogP contribution in [0.4, 0.5) is 5.69 Å². The Kier molecular flexibility index (Phi) is 4.51. The summed E-state index contributed by atoms with van der Waals surface area (Å²) >= 11 is 3.43. The second-order valence-corrected chi connectivity index (χ2v) is 7.36. The van der Waals surface area contributed by atoms with Crippen molar-refractivity contribution in [2.45, 2.75) is 12.8 Å². The Labute approximate surface area is 159 Å². The Bertz CT molecular complexity index is 972. The van der Waals surface area contributed by atoms with Crippen LogP contribution < -0.4 is 5.32 Å². The van der Waals surface area contributed by atoms with E-state index in [0.717, 1.165) is 41.3 Å². The van der Waals surface area contributed by atoms with E-state index >= 15 is 0 Å². The van der Waals surface area contributed by atoms with Crippen molar-refractivity contribution >= 4 is 44.3 Å². The number of nitrogens with zero attached hydrogens (tertiary/aromatic N) is 1. The molecule has 4 rings (SSSR count). The van der Waals surface area contributed by atoms with Gasteiger partial charge in [-0.15, -0.1) is 0 Å². The highest BCUT2D eigenvalue weighted by molar-refractivity contribution is 9.10. The third kappa shape index (κ3) is 3.37. The van der Waals surface area contributed by atoms with E-state index in [9.17, 15) is 9.59 Å². The fourth-order valence-corrected chi connectivity index (χ4v) is 3.60. The maximum Gasteiger partial charge on any atom is 0.272 e. The van der Waals surface area contributed by atoms with Crippen LogP contribution >= 0.6 is 15.9 Å². The van der Waals surface area contributed by atoms with Crippen LogP contribution in [0, 0.1) is 0 Å². The molecule has 0 spiro atoms. The summed E-state index contributed by atoms with van der Waals surface area (Å²) in [5, 5.41) is 3.83. The van der Waals surface area contributed by atoms with Gasteiger partial charge >= 0.3 is 0 Å². The molecule has 2 heterocycles. The first kappa shape index (κ1) is 16.8. The van der Waals surface area contributed by atoms with Crippen molar-refractivity contribution in [2.24, 2.45) is 0 Å². The van der Waals surface area contributed by atoms with Gasteiger partial charge in [0.25, 0.3) is 11.8 Å². The van der Waals surface area contributed by atoms with Crippen molar-refractivity contribution in [3.8, 4) is 0 Å². The smallest absolute Gasteiger partial charge is 0.272 e. The molecule has 2 N–H and O–H groups in total. The molecule has 0 radical (unpaired) electrons. The van der Waals surface area contributed by atoms with Crippen LogP contribution in [0.3, 0.4) is 0 Å². The number of likely N-dealkylation sites (tertiary alicyclic amines) is 1. The Hall–Kier alpha value is -2.60. The lowest BCUT2D eigenvalue weighted by Gasteiger charge is -2.15. The number of hydrogen-bond donors (Lipinski definition) is 2. The van der Waals surface area contributed by atoms with Crippen LogP contribution in [0.15, 0.2) is 53.0 Å². The predicted octanol–water partition coefficient (Wildman–Crippen LogP) is 4.42. The highest BCUT2D eigenvalue weighted by Crippen LogP contribution is 2.21. The molecule has 5 nitrogen and oxygen atoms in total. The minimum absolute atomic E-state index is 0.0570. The fraction of sp³-hybridized carbons (Fsp3) is 0.200. The van der Waals surface area contributed by atoms with E-state index < -0.39 is 0 Å². The van der Waals surface area contributed by atoms with Gasteiger partial charge in [0.15, 0.2) is 0 Å². The summed E-state index contributed by atoms with van der Waals surface area (Å²) in [4.78, 5) is 29.8. The molecule has 1 fully saturated rings. The maximum absolute atomic E-state index is 12.5. The average molecular weight is 412 g/mol. The van der Waals surface area contributed by atoms with E-state index in [4.69, 9.17) is 0 Å². The van der Waals surface area contributed by atoms with Crippen LogP contribution in [0.1, 0.15) is 33.7 Å². The number of H-pyrrole nitrogens is 1. The number of aromatic amines is 1. The predicted molar refractivity (Wildman–Crippen MR) is 106 cm³/mol. The second-order valence-electron chi connectivity index (χ2n) is 6.45. The van der Waals surface area contributed by atoms with E-state index in [0.29, 0.717) is 16.9 Å². The third-order valence-corrected chi connectivity index (χ3v) is 5.10. The number of halogens is 1. The number of carbonyl (C=O) groups is 2. The van der Waals surface area contributed by atoms with E-state index in [-0.39, 0.29) is 11.8 Å². The highest BCUT2D eigenvalue weighted by atomic mass is 79.9. The summed E-state index contributed by atoms with van der Waals surface area (Å²) in [5.41, 5.74) is 2.72. The lowest BCUT2D eigenvalue weighted by molar-refractivity contribution is 0.0792. The summed E-state index contributed by atoms with van der Waals surface area (Å²) in [6.07, 6.45) is 2.14. The van der Waals surface area contributed by atoms with E-state index in [2.05, 4.69) is 26.2 Å². The molecule has 132 valence electrons. The Morgan fingerprint density at radius 3 is 2.46 bits per heavy atom. The molecular formula is C20H18BrN3O2. The highest BCUT2D eigenvalue weighted by Gasteiger charge is 2.19. The van der Waals surface area contributed by atoms with Gasteiger partial charge in [0.2, 0.25) is 0 Å². The molecule has 0 unspecified atom stereocenters. The number of carbonyl (C=O) groups excluding carboxylic acids is 2. The molecule has 6 heteroatoms. The van der Waals surface area contributed by atoms with Crippen molar-refractivity contribution in [3.05, 3.63) is 64.3 Å². The van der Waals surface area contributed by atoms with E-state index in [1.165, 1.54) is 0 Å². The molecule has 2 amide bonds.